The first-order chi connectivity index (χ1) is 14.8. The number of hydrogen-bond acceptors (Lipinski definition) is 4. The van der Waals surface area contributed by atoms with E-state index in [0.29, 0.717) is 16.3 Å². The summed E-state index contributed by atoms with van der Waals surface area (Å²) in [7, 11) is -4.00. The van der Waals surface area contributed by atoms with E-state index in [4.69, 9.17) is 15.8 Å². The molecule has 0 unspecified atom stereocenters. The maximum Gasteiger partial charge on any atom is 0.339 e. The Morgan fingerprint density at radius 1 is 0.871 bits per heavy atom. The molecule has 0 aliphatic carbocycles. The lowest BCUT2D eigenvalue weighted by Gasteiger charge is -2.12. The largest absolute Gasteiger partial charge is 0.378 e. The van der Waals surface area contributed by atoms with Crippen LogP contribution in [0.15, 0.2) is 88.8 Å². The van der Waals surface area contributed by atoms with Crippen LogP contribution < -0.4 is 4.18 Å². The van der Waals surface area contributed by atoms with Crippen LogP contribution in [0.25, 0.3) is 10.8 Å². The smallest absolute Gasteiger partial charge is 0.339 e. The van der Waals surface area contributed by atoms with Gasteiger partial charge in [0.25, 0.3) is 0 Å². The molecule has 0 saturated heterocycles. The topological polar surface area (TPSA) is 55.7 Å². The number of halogens is 1. The van der Waals surface area contributed by atoms with Gasteiger partial charge in [-0.05, 0) is 60.5 Å². The van der Waals surface area contributed by atoms with Crippen molar-refractivity contribution in [1.82, 2.24) is 0 Å². The van der Waals surface area contributed by atoms with E-state index >= 15 is 0 Å². The molecular weight excluding hydrogens is 430 g/mol. The quantitative estimate of drug-likeness (QED) is 0.254. The molecule has 0 aliphatic heterocycles. The highest BCUT2D eigenvalue weighted by Gasteiger charge is 2.19. The van der Waals surface area contributed by atoms with Gasteiger partial charge in [-0.15, -0.1) is 0 Å². The van der Waals surface area contributed by atoms with Crippen molar-refractivity contribution in [3.05, 3.63) is 101 Å². The molecule has 0 aliphatic rings. The molecule has 156 valence electrons. The van der Waals surface area contributed by atoms with Crippen molar-refractivity contribution in [3.63, 3.8) is 0 Å². The van der Waals surface area contributed by atoms with Gasteiger partial charge in [0.1, 0.15) is 4.90 Å². The summed E-state index contributed by atoms with van der Waals surface area (Å²) in [5.74, 6) is 0.211. The fourth-order valence-corrected chi connectivity index (χ4v) is 4.34. The molecule has 0 amide bonds. The molecule has 4 aromatic rings. The van der Waals surface area contributed by atoms with Gasteiger partial charge in [0.2, 0.25) is 0 Å². The number of hydrogen-bond donors (Lipinski definition) is 0. The van der Waals surface area contributed by atoms with Gasteiger partial charge in [0.15, 0.2) is 5.75 Å². The van der Waals surface area contributed by atoms with Crippen molar-refractivity contribution in [2.24, 2.45) is 4.99 Å². The predicted molar refractivity (Wildman–Crippen MR) is 126 cm³/mol. The van der Waals surface area contributed by atoms with E-state index in [2.05, 4.69) is 4.99 Å². The normalized spacial score (nSPS) is 11.8. The monoisotopic (exact) mass is 449 g/mol. The Morgan fingerprint density at radius 3 is 2.39 bits per heavy atom. The highest BCUT2D eigenvalue weighted by atomic mass is 35.5. The van der Waals surface area contributed by atoms with E-state index in [1.165, 1.54) is 12.1 Å². The summed E-state index contributed by atoms with van der Waals surface area (Å²) in [6, 6.07) is 23.2. The zero-order chi connectivity index (χ0) is 22.0. The number of nitrogens with zero attached hydrogens (tertiary/aromatic N) is 1. The van der Waals surface area contributed by atoms with E-state index in [0.717, 1.165) is 21.9 Å². The van der Waals surface area contributed by atoms with Crippen LogP contribution in [-0.4, -0.2) is 14.6 Å². The molecule has 0 bridgehead atoms. The molecule has 0 radical (unpaired) electrons. The van der Waals surface area contributed by atoms with Gasteiger partial charge in [-0.25, -0.2) is 0 Å². The second-order valence-corrected chi connectivity index (χ2v) is 9.14. The van der Waals surface area contributed by atoms with Crippen LogP contribution in [0.2, 0.25) is 5.02 Å². The number of aryl methyl sites for hydroxylation is 1. The molecule has 0 spiro atoms. The second-order valence-electron chi connectivity index (χ2n) is 7.19. The molecule has 0 aromatic heterocycles. The summed E-state index contributed by atoms with van der Waals surface area (Å²) in [4.78, 5) is 4.67. The van der Waals surface area contributed by atoms with Crippen LogP contribution in [-0.2, 0) is 10.1 Å². The van der Waals surface area contributed by atoms with Gasteiger partial charge in [-0.2, -0.15) is 8.42 Å². The number of rotatable bonds is 5. The van der Waals surface area contributed by atoms with Crippen molar-refractivity contribution in [1.29, 1.82) is 0 Å². The Kier molecular flexibility index (Phi) is 5.81. The highest BCUT2D eigenvalue weighted by molar-refractivity contribution is 7.87. The first kappa shape index (κ1) is 21.1. The molecular formula is C25H20ClNO3S. The van der Waals surface area contributed by atoms with Crippen molar-refractivity contribution in [2.45, 2.75) is 18.7 Å². The van der Waals surface area contributed by atoms with Gasteiger partial charge in [0, 0.05) is 16.8 Å². The maximum atomic E-state index is 12.9. The SMILES string of the molecule is Cc1ccc(S(=O)(=O)Oc2ccc3ccccc3c2C=Nc2cccc(Cl)c2C)cc1. The maximum absolute atomic E-state index is 12.9. The number of aliphatic imine (C=N–C) groups is 1. The Bertz CT molecular complexity index is 1390. The highest BCUT2D eigenvalue weighted by Crippen LogP contribution is 2.31. The minimum Gasteiger partial charge on any atom is -0.378 e. The van der Waals surface area contributed by atoms with E-state index in [1.807, 2.05) is 56.3 Å². The summed E-state index contributed by atoms with van der Waals surface area (Å²) in [5.41, 5.74) is 3.09. The van der Waals surface area contributed by atoms with Crippen LogP contribution in [0.4, 0.5) is 5.69 Å². The molecule has 0 fully saturated rings. The zero-order valence-corrected chi connectivity index (χ0v) is 18.6. The minimum absolute atomic E-state index is 0.0971. The lowest BCUT2D eigenvalue weighted by Crippen LogP contribution is -2.11. The molecule has 0 atom stereocenters. The zero-order valence-electron chi connectivity index (χ0n) is 17.0. The van der Waals surface area contributed by atoms with Crippen molar-refractivity contribution in [2.75, 3.05) is 0 Å². The second kappa shape index (κ2) is 8.53. The van der Waals surface area contributed by atoms with E-state index in [-0.39, 0.29) is 10.6 Å². The average Bonchev–Trinajstić information content (AvgIpc) is 2.75. The first-order valence-electron chi connectivity index (χ1n) is 9.67. The van der Waals surface area contributed by atoms with Crippen molar-refractivity contribution in [3.8, 4) is 5.75 Å². The third kappa shape index (κ3) is 4.48. The van der Waals surface area contributed by atoms with Crippen LogP contribution in [0, 0.1) is 13.8 Å². The summed E-state index contributed by atoms with van der Waals surface area (Å²) in [6.45, 7) is 3.78. The molecule has 6 heteroatoms. The van der Waals surface area contributed by atoms with E-state index < -0.39 is 10.1 Å². The van der Waals surface area contributed by atoms with Gasteiger partial charge in [0.05, 0.1) is 5.69 Å². The van der Waals surface area contributed by atoms with Crippen LogP contribution in [0.5, 0.6) is 5.75 Å². The molecule has 4 rings (SSSR count). The number of fused-ring (bicyclic) bond motifs is 1. The van der Waals surface area contributed by atoms with E-state index in [1.54, 1.807) is 30.5 Å². The van der Waals surface area contributed by atoms with Gasteiger partial charge in [-0.1, -0.05) is 65.7 Å². The average molecular weight is 450 g/mol. The molecule has 0 saturated carbocycles. The van der Waals surface area contributed by atoms with Gasteiger partial charge < -0.3 is 4.18 Å². The fourth-order valence-electron chi connectivity index (χ4n) is 3.22. The molecule has 4 nitrogen and oxygen atoms in total. The molecule has 4 aromatic carbocycles. The Labute approximate surface area is 186 Å². The first-order valence-corrected chi connectivity index (χ1v) is 11.5. The van der Waals surface area contributed by atoms with Gasteiger partial charge in [-0.3, -0.25) is 4.99 Å². The van der Waals surface area contributed by atoms with Crippen molar-refractivity contribution < 1.29 is 12.6 Å². The fraction of sp³-hybridized carbons (Fsp3) is 0.0800. The Morgan fingerprint density at radius 2 is 1.61 bits per heavy atom. The van der Waals surface area contributed by atoms with Crippen LogP contribution >= 0.6 is 11.6 Å². The summed E-state index contributed by atoms with van der Waals surface area (Å²) in [6.07, 6.45) is 1.63. The minimum atomic E-state index is -4.00. The Balaban J connectivity index is 1.81. The molecule has 31 heavy (non-hydrogen) atoms. The summed E-state index contributed by atoms with van der Waals surface area (Å²) >= 11 is 6.21. The molecule has 0 N–H and O–H groups in total. The molecule has 0 heterocycles. The third-order valence-corrected chi connectivity index (χ3v) is 6.67. The third-order valence-electron chi connectivity index (χ3n) is 5.01. The summed E-state index contributed by atoms with van der Waals surface area (Å²) < 4.78 is 31.3. The van der Waals surface area contributed by atoms with Crippen LogP contribution in [0.1, 0.15) is 16.7 Å². The van der Waals surface area contributed by atoms with Crippen LogP contribution in [0.3, 0.4) is 0 Å². The lowest BCUT2D eigenvalue weighted by atomic mass is 10.0. The number of benzene rings is 4. The summed E-state index contributed by atoms with van der Waals surface area (Å²) in [5, 5.41) is 2.40. The Hall–Kier alpha value is -3.15. The predicted octanol–water partition coefficient (Wildman–Crippen LogP) is 6.63. The van der Waals surface area contributed by atoms with Crippen molar-refractivity contribution >= 4 is 44.4 Å². The lowest BCUT2D eigenvalue weighted by molar-refractivity contribution is 0.486. The van der Waals surface area contributed by atoms with E-state index in [9.17, 15) is 8.42 Å². The van der Waals surface area contributed by atoms with Gasteiger partial charge >= 0.3 is 10.1 Å². The standard InChI is InChI=1S/C25H20ClNO3S/c1-17-10-13-20(14-11-17)31(28,29)30-25-15-12-19-6-3-4-7-21(19)22(25)16-27-24-9-5-8-23(26)18(24)2/h3-16H,1-2H3.